The van der Waals surface area contributed by atoms with Gasteiger partial charge in [-0.25, -0.2) is 0 Å². The van der Waals surface area contributed by atoms with Crippen LogP contribution in [-0.2, 0) is 23.9 Å². The third kappa shape index (κ3) is 6.52. The number of rotatable bonds is 8. The lowest BCUT2D eigenvalue weighted by atomic mass is 9.78. The minimum atomic E-state index is -0.261. The van der Waals surface area contributed by atoms with E-state index in [2.05, 4.69) is 85.3 Å². The summed E-state index contributed by atoms with van der Waals surface area (Å²) in [5, 5.41) is 24.7. The van der Waals surface area contributed by atoms with Crippen LogP contribution in [0.5, 0.6) is 5.75 Å². The van der Waals surface area contributed by atoms with Crippen LogP contribution < -0.4 is 5.62 Å². The molecule has 33 heavy (non-hydrogen) atoms. The average Bonchev–Trinajstić information content (AvgIpc) is 3.12. The number of nitrogens with zero attached hydrogens (tertiary/aromatic N) is 4. The smallest absolute Gasteiger partial charge is 0.217 e. The largest absolute Gasteiger partial charge is 0.507 e. The van der Waals surface area contributed by atoms with E-state index in [0.29, 0.717) is 23.9 Å². The molecule has 2 N–H and O–H groups in total. The number of aryl methyl sites for hydroxylation is 1. The molecular weight excluding hydrogens is 480 g/mol. The second-order valence-electron chi connectivity index (χ2n) is 10.9. The Bertz CT molecular complexity index is 997. The summed E-state index contributed by atoms with van der Waals surface area (Å²) < 4.78 is 8.43. The van der Waals surface area contributed by atoms with Crippen molar-refractivity contribution in [2.45, 2.75) is 98.6 Å². The number of oxime groups is 1. The van der Waals surface area contributed by atoms with Crippen LogP contribution >= 0.6 is 16.1 Å². The average molecular weight is 522 g/mol. The fourth-order valence-corrected chi connectivity index (χ4v) is 4.57. The van der Waals surface area contributed by atoms with E-state index in [1.54, 1.807) is 0 Å². The van der Waals surface area contributed by atoms with Gasteiger partial charge in [0.05, 0.1) is 22.7 Å². The first-order valence-electron chi connectivity index (χ1n) is 11.9. The van der Waals surface area contributed by atoms with Crippen molar-refractivity contribution < 1.29 is 10.3 Å². The van der Waals surface area contributed by atoms with Crippen LogP contribution in [0, 0.1) is 5.92 Å². The molecule has 2 rings (SSSR count). The van der Waals surface area contributed by atoms with Gasteiger partial charge in [-0.1, -0.05) is 73.4 Å². The molecule has 0 saturated heterocycles. The zero-order valence-corrected chi connectivity index (χ0v) is 23.1. The van der Waals surface area contributed by atoms with Gasteiger partial charge in [0.2, 0.25) is 5.62 Å². The number of hydrogen-bond acceptors (Lipinski definition) is 4. The molecule has 7 heteroatoms. The van der Waals surface area contributed by atoms with Gasteiger partial charge in [0.25, 0.3) is 0 Å². The molecular formula is C26H41BrN4O2. The lowest BCUT2D eigenvalue weighted by molar-refractivity contribution is 0.317. The van der Waals surface area contributed by atoms with Gasteiger partial charge in [0.1, 0.15) is 11.5 Å². The minimum absolute atomic E-state index is 0.261. The van der Waals surface area contributed by atoms with E-state index >= 15 is 0 Å². The monoisotopic (exact) mass is 520 g/mol. The fourth-order valence-electron chi connectivity index (χ4n) is 4.16. The Morgan fingerprint density at radius 2 is 1.48 bits per heavy atom. The number of aromatic nitrogens is 2. The third-order valence-electron chi connectivity index (χ3n) is 6.45. The molecule has 6 nitrogen and oxygen atoms in total. The number of benzene rings is 1. The van der Waals surface area contributed by atoms with Crippen molar-refractivity contribution in [3.63, 3.8) is 0 Å². The molecule has 0 spiro atoms. The highest BCUT2D eigenvalue weighted by atomic mass is 79.9. The van der Waals surface area contributed by atoms with Crippen LogP contribution in [0.1, 0.15) is 91.3 Å². The molecule has 1 aromatic heterocycles. The summed E-state index contributed by atoms with van der Waals surface area (Å²) in [6.07, 6.45) is 7.43. The number of hydrogen-bond donors (Lipinski definition) is 2. The third-order valence-corrected chi connectivity index (χ3v) is 6.77. The Morgan fingerprint density at radius 3 is 1.91 bits per heavy atom. The molecule has 0 aliphatic heterocycles. The highest BCUT2D eigenvalue weighted by Crippen LogP contribution is 2.40. The molecule has 1 aromatic carbocycles. The van der Waals surface area contributed by atoms with E-state index in [1.165, 1.54) is 12.8 Å². The summed E-state index contributed by atoms with van der Waals surface area (Å²) in [6.45, 7) is 18.2. The van der Waals surface area contributed by atoms with Crippen molar-refractivity contribution >= 4 is 21.9 Å². The maximum Gasteiger partial charge on any atom is 0.217 e. The van der Waals surface area contributed by atoms with E-state index in [9.17, 15) is 10.3 Å². The maximum absolute atomic E-state index is 11.0. The van der Waals surface area contributed by atoms with Gasteiger partial charge in [0, 0.05) is 35.6 Å². The van der Waals surface area contributed by atoms with Gasteiger partial charge in [-0.15, -0.1) is 0 Å². The molecule has 0 bridgehead atoms. The van der Waals surface area contributed by atoms with Crippen molar-refractivity contribution in [2.24, 2.45) is 15.1 Å². The molecule has 0 fully saturated rings. The molecule has 0 aliphatic rings. The highest BCUT2D eigenvalue weighted by molar-refractivity contribution is 9.08. The van der Waals surface area contributed by atoms with Gasteiger partial charge in [-0.05, 0) is 35.3 Å². The number of phenols is 1. The van der Waals surface area contributed by atoms with Crippen LogP contribution in [0.3, 0.4) is 0 Å². The first-order chi connectivity index (χ1) is 15.4. The summed E-state index contributed by atoms with van der Waals surface area (Å²) in [5.74, 6) is 1.01. The van der Waals surface area contributed by atoms with Gasteiger partial charge in [0.15, 0.2) is 0 Å². The Morgan fingerprint density at radius 1 is 0.970 bits per heavy atom. The standard InChI is InChI=1S/C26H41BrN4O2/c1-9-18(10-2)11-12-30-13-14-31(24(30)28-27)17-22(29-33)19-15-20(25(3,4)5)23(32)21(16-19)26(6,7)8/h13-16,18,32-33H,9-12,17H2,1-8H3/b28-24-,29-22-. The summed E-state index contributed by atoms with van der Waals surface area (Å²) in [7, 11) is 0. The molecule has 0 saturated carbocycles. The predicted octanol–water partition coefficient (Wildman–Crippen LogP) is 6.51. The number of imidazole rings is 1. The van der Waals surface area contributed by atoms with Gasteiger partial charge >= 0.3 is 0 Å². The van der Waals surface area contributed by atoms with E-state index < -0.39 is 0 Å². The minimum Gasteiger partial charge on any atom is -0.507 e. The Hall–Kier alpha value is -2.02. The van der Waals surface area contributed by atoms with Crippen LogP contribution in [0.4, 0.5) is 0 Å². The van der Waals surface area contributed by atoms with Crippen molar-refractivity contribution in [3.05, 3.63) is 46.8 Å². The van der Waals surface area contributed by atoms with E-state index in [0.717, 1.165) is 35.3 Å². The molecule has 1 heterocycles. The second-order valence-corrected chi connectivity index (χ2v) is 11.3. The normalized spacial score (nSPS) is 13.9. The molecule has 2 aromatic rings. The topological polar surface area (TPSA) is 75.0 Å². The Kier molecular flexibility index (Phi) is 9.02. The van der Waals surface area contributed by atoms with Gasteiger partial charge < -0.3 is 19.4 Å². The predicted molar refractivity (Wildman–Crippen MR) is 139 cm³/mol. The number of phenolic OH excluding ortho intramolecular Hbond substituents is 1. The first kappa shape index (κ1) is 27.2. The lowest BCUT2D eigenvalue weighted by Crippen LogP contribution is -2.29. The summed E-state index contributed by atoms with van der Waals surface area (Å²) in [4.78, 5) is 0. The van der Waals surface area contributed by atoms with Crippen molar-refractivity contribution in [3.8, 4) is 5.75 Å². The molecule has 0 amide bonds. The summed E-state index contributed by atoms with van der Waals surface area (Å²) in [5.41, 5.74) is 3.24. The number of halogens is 1. The van der Waals surface area contributed by atoms with Crippen molar-refractivity contribution in [1.29, 1.82) is 0 Å². The first-order valence-corrected chi connectivity index (χ1v) is 12.6. The molecule has 184 valence electrons. The number of aromatic hydroxyl groups is 1. The van der Waals surface area contributed by atoms with E-state index in [4.69, 9.17) is 0 Å². The summed E-state index contributed by atoms with van der Waals surface area (Å²) in [6, 6.07) is 3.88. The zero-order valence-electron chi connectivity index (χ0n) is 21.5. The highest BCUT2D eigenvalue weighted by Gasteiger charge is 2.27. The van der Waals surface area contributed by atoms with Crippen molar-refractivity contribution in [2.75, 3.05) is 0 Å². The quantitative estimate of drug-likeness (QED) is 0.236. The second kappa shape index (κ2) is 10.9. The molecule has 0 aliphatic carbocycles. The van der Waals surface area contributed by atoms with Crippen molar-refractivity contribution in [1.82, 2.24) is 9.13 Å². The molecule has 0 unspecified atom stereocenters. The van der Waals surface area contributed by atoms with Gasteiger partial charge in [-0.2, -0.15) is 4.02 Å². The van der Waals surface area contributed by atoms with Gasteiger partial charge in [-0.3, -0.25) is 0 Å². The summed E-state index contributed by atoms with van der Waals surface area (Å²) >= 11 is 3.28. The molecule has 0 radical (unpaired) electrons. The Labute approximate surface area is 207 Å². The SMILES string of the molecule is CCC(CC)CCn1ccn(C/C(=N/O)c2cc(C(C)(C)C)c(O)c(C(C)(C)C)c2)/c1=N\Br. The zero-order chi connectivity index (χ0) is 25.0. The van der Waals surface area contributed by atoms with Crippen LogP contribution in [0.2, 0.25) is 0 Å². The maximum atomic E-state index is 11.0. The molecule has 0 atom stereocenters. The van der Waals surface area contributed by atoms with E-state index in [-0.39, 0.29) is 10.8 Å². The Balaban J connectivity index is 2.47. The lowest BCUT2D eigenvalue weighted by Gasteiger charge is -2.28. The van der Waals surface area contributed by atoms with Crippen LogP contribution in [0.25, 0.3) is 0 Å². The fraction of sp³-hybridized carbons (Fsp3) is 0.615. The van der Waals surface area contributed by atoms with E-state index in [1.807, 2.05) is 29.1 Å². The van der Waals surface area contributed by atoms with Crippen LogP contribution in [0.15, 0.2) is 33.7 Å². The van der Waals surface area contributed by atoms with Crippen LogP contribution in [-0.4, -0.2) is 25.2 Å².